The average Bonchev–Trinajstić information content (AvgIpc) is 2.64. The van der Waals surface area contributed by atoms with Gasteiger partial charge in [0.25, 0.3) is 0 Å². The van der Waals surface area contributed by atoms with E-state index in [1.54, 1.807) is 0 Å². The Morgan fingerprint density at radius 1 is 1.31 bits per heavy atom. The standard InChI is InChI=1S/C13H17NO2/c1-8-4-9(2)13(10(3)5-8)12-6-11(7-15)16-14-12/h4-5,11,15H,6-7H2,1-3H3/t11-/m1/s1. The van der Waals surface area contributed by atoms with Crippen molar-refractivity contribution < 1.29 is 9.94 Å². The summed E-state index contributed by atoms with van der Waals surface area (Å²) in [5.41, 5.74) is 5.82. The zero-order chi connectivity index (χ0) is 11.7. The summed E-state index contributed by atoms with van der Waals surface area (Å²) in [6, 6.07) is 4.30. The van der Waals surface area contributed by atoms with Crippen molar-refractivity contribution in [3.8, 4) is 0 Å². The molecule has 0 radical (unpaired) electrons. The second kappa shape index (κ2) is 4.26. The normalized spacial score (nSPS) is 19.5. The molecule has 1 N–H and O–H groups in total. The second-order valence-corrected chi connectivity index (χ2v) is 4.43. The number of aryl methyl sites for hydroxylation is 3. The van der Waals surface area contributed by atoms with Crippen LogP contribution in [0.3, 0.4) is 0 Å². The number of aliphatic hydroxyl groups is 1. The van der Waals surface area contributed by atoms with E-state index in [1.807, 2.05) is 0 Å². The van der Waals surface area contributed by atoms with E-state index in [-0.39, 0.29) is 12.7 Å². The van der Waals surface area contributed by atoms with E-state index < -0.39 is 0 Å². The van der Waals surface area contributed by atoms with Crippen molar-refractivity contribution in [2.75, 3.05) is 6.61 Å². The number of hydrogen-bond donors (Lipinski definition) is 1. The lowest BCUT2D eigenvalue weighted by atomic mass is 9.94. The van der Waals surface area contributed by atoms with Crippen molar-refractivity contribution in [1.82, 2.24) is 0 Å². The molecule has 0 amide bonds. The van der Waals surface area contributed by atoms with Crippen molar-refractivity contribution in [2.45, 2.75) is 33.3 Å². The van der Waals surface area contributed by atoms with E-state index in [9.17, 15) is 0 Å². The Balaban J connectivity index is 2.35. The number of aliphatic hydroxyl groups excluding tert-OH is 1. The van der Waals surface area contributed by atoms with E-state index in [0.29, 0.717) is 6.42 Å². The van der Waals surface area contributed by atoms with Crippen LogP contribution in [0, 0.1) is 20.8 Å². The fourth-order valence-electron chi connectivity index (χ4n) is 2.31. The van der Waals surface area contributed by atoms with Crippen LogP contribution < -0.4 is 0 Å². The fourth-order valence-corrected chi connectivity index (χ4v) is 2.31. The zero-order valence-electron chi connectivity index (χ0n) is 9.95. The Bertz CT molecular complexity index is 415. The van der Waals surface area contributed by atoms with Crippen molar-refractivity contribution in [3.63, 3.8) is 0 Å². The van der Waals surface area contributed by atoms with Crippen molar-refractivity contribution in [2.24, 2.45) is 5.16 Å². The Hall–Kier alpha value is -1.35. The Labute approximate surface area is 95.7 Å². The van der Waals surface area contributed by atoms with E-state index >= 15 is 0 Å². The summed E-state index contributed by atoms with van der Waals surface area (Å²) < 4.78 is 0. The van der Waals surface area contributed by atoms with Crippen molar-refractivity contribution >= 4 is 5.71 Å². The second-order valence-electron chi connectivity index (χ2n) is 4.43. The van der Waals surface area contributed by atoms with Gasteiger partial charge in [-0.15, -0.1) is 0 Å². The molecule has 1 aromatic rings. The number of nitrogens with zero attached hydrogens (tertiary/aromatic N) is 1. The summed E-state index contributed by atoms with van der Waals surface area (Å²) in [5.74, 6) is 0. The topological polar surface area (TPSA) is 41.8 Å². The summed E-state index contributed by atoms with van der Waals surface area (Å²) in [4.78, 5) is 5.15. The van der Waals surface area contributed by atoms with Gasteiger partial charge >= 0.3 is 0 Å². The molecular formula is C13H17NO2. The summed E-state index contributed by atoms with van der Waals surface area (Å²) in [5, 5.41) is 13.1. The molecule has 1 atom stereocenters. The van der Waals surface area contributed by atoms with Crippen molar-refractivity contribution in [1.29, 1.82) is 0 Å². The van der Waals surface area contributed by atoms with Gasteiger partial charge in [-0.3, -0.25) is 0 Å². The summed E-state index contributed by atoms with van der Waals surface area (Å²) in [6.07, 6.45) is 0.524. The smallest absolute Gasteiger partial charge is 0.156 e. The molecule has 0 saturated heterocycles. The first kappa shape index (κ1) is 11.1. The van der Waals surface area contributed by atoms with E-state index in [1.165, 1.54) is 22.3 Å². The van der Waals surface area contributed by atoms with Gasteiger partial charge in [-0.1, -0.05) is 22.9 Å². The maximum atomic E-state index is 9.02. The molecule has 1 aliphatic rings. The first-order valence-corrected chi connectivity index (χ1v) is 5.53. The van der Waals surface area contributed by atoms with Crippen LogP contribution >= 0.6 is 0 Å². The Morgan fingerprint density at radius 3 is 2.44 bits per heavy atom. The summed E-state index contributed by atoms with van der Waals surface area (Å²) in [6.45, 7) is 6.29. The Kier molecular flexibility index (Phi) is 2.97. The SMILES string of the molecule is Cc1cc(C)c(C2=NO[C@@H](CO)C2)c(C)c1. The lowest BCUT2D eigenvalue weighted by molar-refractivity contribution is 0.0390. The van der Waals surface area contributed by atoms with Gasteiger partial charge in [0.05, 0.1) is 12.3 Å². The molecule has 3 heteroatoms. The quantitative estimate of drug-likeness (QED) is 0.827. The minimum absolute atomic E-state index is 0.0248. The number of rotatable bonds is 2. The molecule has 2 rings (SSSR count). The predicted octanol–water partition coefficient (Wildman–Crippen LogP) is 2.10. The van der Waals surface area contributed by atoms with Crippen LogP contribution in [0.5, 0.6) is 0 Å². The van der Waals surface area contributed by atoms with Crippen molar-refractivity contribution in [3.05, 3.63) is 34.4 Å². The van der Waals surface area contributed by atoms with E-state index in [0.717, 1.165) is 5.71 Å². The third-order valence-corrected chi connectivity index (χ3v) is 2.90. The van der Waals surface area contributed by atoms with Gasteiger partial charge in [-0.25, -0.2) is 0 Å². The molecule has 0 fully saturated rings. The Morgan fingerprint density at radius 2 is 1.94 bits per heavy atom. The summed E-state index contributed by atoms with van der Waals surface area (Å²) >= 11 is 0. The first-order chi connectivity index (χ1) is 7.61. The maximum absolute atomic E-state index is 9.02. The van der Waals surface area contributed by atoms with E-state index in [2.05, 4.69) is 38.1 Å². The molecule has 3 nitrogen and oxygen atoms in total. The van der Waals surface area contributed by atoms with Gasteiger partial charge in [-0.2, -0.15) is 0 Å². The average molecular weight is 219 g/mol. The van der Waals surface area contributed by atoms with Gasteiger partial charge < -0.3 is 9.94 Å². The lowest BCUT2D eigenvalue weighted by Gasteiger charge is -2.10. The van der Waals surface area contributed by atoms with Crippen LogP contribution in [0.2, 0.25) is 0 Å². The molecule has 0 aromatic heterocycles. The fraction of sp³-hybridized carbons (Fsp3) is 0.462. The highest BCUT2D eigenvalue weighted by Crippen LogP contribution is 2.23. The van der Waals surface area contributed by atoms with Gasteiger partial charge in [-0.05, 0) is 31.9 Å². The molecule has 0 saturated carbocycles. The van der Waals surface area contributed by atoms with Gasteiger partial charge in [0.1, 0.15) is 0 Å². The third kappa shape index (κ3) is 1.95. The monoisotopic (exact) mass is 219 g/mol. The maximum Gasteiger partial charge on any atom is 0.156 e. The third-order valence-electron chi connectivity index (χ3n) is 2.90. The largest absolute Gasteiger partial charge is 0.392 e. The van der Waals surface area contributed by atoms with Crippen LogP contribution in [0.1, 0.15) is 28.7 Å². The van der Waals surface area contributed by atoms with Crippen LogP contribution in [-0.2, 0) is 4.84 Å². The number of hydrogen-bond acceptors (Lipinski definition) is 3. The van der Waals surface area contributed by atoms with Crippen LogP contribution in [0.25, 0.3) is 0 Å². The highest BCUT2D eigenvalue weighted by molar-refractivity contribution is 6.03. The predicted molar refractivity (Wildman–Crippen MR) is 63.8 cm³/mol. The first-order valence-electron chi connectivity index (χ1n) is 5.53. The summed E-state index contributed by atoms with van der Waals surface area (Å²) in [7, 11) is 0. The minimum atomic E-state index is -0.171. The van der Waals surface area contributed by atoms with Crippen LogP contribution in [0.15, 0.2) is 17.3 Å². The van der Waals surface area contributed by atoms with Crippen LogP contribution in [0.4, 0.5) is 0 Å². The molecular weight excluding hydrogens is 202 g/mol. The van der Waals surface area contributed by atoms with Gasteiger partial charge in [0.15, 0.2) is 6.10 Å². The molecule has 0 unspecified atom stereocenters. The molecule has 86 valence electrons. The van der Waals surface area contributed by atoms with Gasteiger partial charge in [0, 0.05) is 12.0 Å². The highest BCUT2D eigenvalue weighted by atomic mass is 16.6. The molecule has 1 aliphatic heterocycles. The number of benzene rings is 1. The molecule has 1 aromatic carbocycles. The zero-order valence-corrected chi connectivity index (χ0v) is 9.95. The lowest BCUT2D eigenvalue weighted by Crippen LogP contribution is -2.14. The molecule has 1 heterocycles. The highest BCUT2D eigenvalue weighted by Gasteiger charge is 2.23. The molecule has 0 aliphatic carbocycles. The van der Waals surface area contributed by atoms with Gasteiger partial charge in [0.2, 0.25) is 0 Å². The molecule has 0 bridgehead atoms. The molecule has 16 heavy (non-hydrogen) atoms. The number of oxime groups is 1. The van der Waals surface area contributed by atoms with E-state index in [4.69, 9.17) is 9.94 Å². The molecule has 0 spiro atoms. The minimum Gasteiger partial charge on any atom is -0.392 e. The van der Waals surface area contributed by atoms with Crippen LogP contribution in [-0.4, -0.2) is 23.5 Å².